The standard InChI is InChI=1S/C10H15N5/c1-12-7-9-5-3-4-6-10(9)15(2)8-13-14-11/h3-6,12H,7-8H2,1-2H3. The van der Waals surface area contributed by atoms with Crippen LogP contribution in [0.4, 0.5) is 5.69 Å². The van der Waals surface area contributed by atoms with Crippen LogP contribution in [0.3, 0.4) is 0 Å². The Hall–Kier alpha value is -1.71. The predicted molar refractivity (Wildman–Crippen MR) is 61.6 cm³/mol. The van der Waals surface area contributed by atoms with Crippen molar-refractivity contribution in [3.8, 4) is 0 Å². The van der Waals surface area contributed by atoms with Crippen molar-refractivity contribution in [1.29, 1.82) is 0 Å². The Morgan fingerprint density at radius 3 is 2.87 bits per heavy atom. The molecule has 0 heterocycles. The molecular formula is C10H15N5. The average Bonchev–Trinajstić information content (AvgIpc) is 2.27. The summed E-state index contributed by atoms with van der Waals surface area (Å²) in [6, 6.07) is 8.04. The molecule has 1 aromatic carbocycles. The molecule has 5 nitrogen and oxygen atoms in total. The number of nitrogens with zero attached hydrogens (tertiary/aromatic N) is 4. The molecule has 0 aliphatic heterocycles. The molecule has 1 N–H and O–H groups in total. The topological polar surface area (TPSA) is 64.0 Å². The largest absolute Gasteiger partial charge is 0.368 e. The highest BCUT2D eigenvalue weighted by Gasteiger charge is 2.04. The van der Waals surface area contributed by atoms with Gasteiger partial charge >= 0.3 is 0 Å². The molecule has 0 saturated heterocycles. The number of para-hydroxylation sites is 1. The smallest absolute Gasteiger partial charge is 0.0964 e. The minimum absolute atomic E-state index is 0.344. The van der Waals surface area contributed by atoms with Gasteiger partial charge in [-0.1, -0.05) is 23.3 Å². The summed E-state index contributed by atoms with van der Waals surface area (Å²) in [5.41, 5.74) is 10.5. The zero-order valence-electron chi connectivity index (χ0n) is 9.01. The normalized spacial score (nSPS) is 9.47. The SMILES string of the molecule is CNCc1ccccc1N(C)CN=[N+]=[N-]. The second-order valence-electron chi connectivity index (χ2n) is 3.23. The Morgan fingerprint density at radius 1 is 1.47 bits per heavy atom. The Balaban J connectivity index is 2.85. The van der Waals surface area contributed by atoms with Crippen molar-refractivity contribution in [3.63, 3.8) is 0 Å². The summed E-state index contributed by atoms with van der Waals surface area (Å²) < 4.78 is 0. The molecule has 0 bridgehead atoms. The van der Waals surface area contributed by atoms with Crippen molar-refractivity contribution in [2.75, 3.05) is 25.7 Å². The molecule has 0 aromatic heterocycles. The Morgan fingerprint density at radius 2 is 2.20 bits per heavy atom. The number of benzene rings is 1. The summed E-state index contributed by atoms with van der Waals surface area (Å²) in [7, 11) is 3.81. The van der Waals surface area contributed by atoms with E-state index in [4.69, 9.17) is 5.53 Å². The summed E-state index contributed by atoms with van der Waals surface area (Å²) in [5, 5.41) is 6.64. The van der Waals surface area contributed by atoms with Gasteiger partial charge in [-0.3, -0.25) is 0 Å². The third-order valence-electron chi connectivity index (χ3n) is 2.11. The highest BCUT2D eigenvalue weighted by atomic mass is 15.3. The first kappa shape index (κ1) is 11.4. The first-order valence-electron chi connectivity index (χ1n) is 4.74. The van der Waals surface area contributed by atoms with E-state index in [1.807, 2.05) is 37.2 Å². The molecule has 15 heavy (non-hydrogen) atoms. The van der Waals surface area contributed by atoms with Crippen molar-refractivity contribution in [3.05, 3.63) is 40.3 Å². The van der Waals surface area contributed by atoms with Gasteiger partial charge in [0.25, 0.3) is 0 Å². The summed E-state index contributed by atoms with van der Waals surface area (Å²) in [5.74, 6) is 0. The fourth-order valence-corrected chi connectivity index (χ4v) is 1.42. The van der Waals surface area contributed by atoms with Gasteiger partial charge in [-0.2, -0.15) is 0 Å². The molecule has 0 aliphatic carbocycles. The van der Waals surface area contributed by atoms with E-state index in [9.17, 15) is 0 Å². The van der Waals surface area contributed by atoms with E-state index in [1.165, 1.54) is 5.56 Å². The van der Waals surface area contributed by atoms with Crippen LogP contribution in [-0.2, 0) is 6.54 Å². The van der Waals surface area contributed by atoms with Crippen molar-refractivity contribution < 1.29 is 0 Å². The van der Waals surface area contributed by atoms with Gasteiger partial charge in [0, 0.05) is 24.2 Å². The molecule has 0 aliphatic rings. The highest BCUT2D eigenvalue weighted by Crippen LogP contribution is 2.18. The molecule has 1 rings (SSSR count). The maximum absolute atomic E-state index is 8.25. The molecule has 0 unspecified atom stereocenters. The molecular weight excluding hydrogens is 190 g/mol. The van der Waals surface area contributed by atoms with Crippen LogP contribution in [0.25, 0.3) is 10.4 Å². The van der Waals surface area contributed by atoms with E-state index in [2.05, 4.69) is 21.4 Å². The Bertz CT molecular complexity index is 357. The van der Waals surface area contributed by atoms with Gasteiger partial charge in [-0.15, -0.1) is 0 Å². The Labute approximate surface area is 89.3 Å². The number of azide groups is 1. The fraction of sp³-hybridized carbons (Fsp3) is 0.400. The van der Waals surface area contributed by atoms with Gasteiger partial charge in [-0.05, 0) is 24.2 Å². The molecule has 80 valence electrons. The minimum Gasteiger partial charge on any atom is -0.368 e. The Kier molecular flexibility index (Phi) is 4.47. The van der Waals surface area contributed by atoms with Gasteiger partial charge < -0.3 is 10.2 Å². The van der Waals surface area contributed by atoms with Gasteiger partial charge in [0.1, 0.15) is 0 Å². The van der Waals surface area contributed by atoms with Crippen LogP contribution in [0.2, 0.25) is 0 Å². The lowest BCUT2D eigenvalue weighted by Crippen LogP contribution is -2.19. The quantitative estimate of drug-likeness (QED) is 0.454. The van der Waals surface area contributed by atoms with Gasteiger partial charge in [0.2, 0.25) is 0 Å². The summed E-state index contributed by atoms with van der Waals surface area (Å²) in [6.45, 7) is 1.15. The number of hydrogen-bond donors (Lipinski definition) is 1. The van der Waals surface area contributed by atoms with Crippen molar-refractivity contribution >= 4 is 5.69 Å². The monoisotopic (exact) mass is 205 g/mol. The lowest BCUT2D eigenvalue weighted by molar-refractivity contribution is 0.806. The maximum atomic E-state index is 8.25. The van der Waals surface area contributed by atoms with Crippen LogP contribution in [-0.4, -0.2) is 20.8 Å². The van der Waals surface area contributed by atoms with E-state index < -0.39 is 0 Å². The van der Waals surface area contributed by atoms with E-state index in [-0.39, 0.29) is 0 Å². The van der Waals surface area contributed by atoms with Crippen LogP contribution in [0.5, 0.6) is 0 Å². The molecule has 0 radical (unpaired) electrons. The molecule has 0 saturated carbocycles. The number of rotatable bonds is 5. The van der Waals surface area contributed by atoms with Gasteiger partial charge in [0.15, 0.2) is 0 Å². The van der Waals surface area contributed by atoms with Crippen molar-refractivity contribution in [2.45, 2.75) is 6.54 Å². The number of anilines is 1. The van der Waals surface area contributed by atoms with Crippen LogP contribution in [0.1, 0.15) is 5.56 Å². The minimum atomic E-state index is 0.344. The van der Waals surface area contributed by atoms with E-state index in [0.717, 1.165) is 12.2 Å². The summed E-state index contributed by atoms with van der Waals surface area (Å²) in [4.78, 5) is 4.67. The van der Waals surface area contributed by atoms with Crippen LogP contribution in [0, 0.1) is 0 Å². The zero-order valence-corrected chi connectivity index (χ0v) is 9.01. The molecule has 0 spiro atoms. The predicted octanol–water partition coefficient (Wildman–Crippen LogP) is 2.11. The first-order chi connectivity index (χ1) is 7.29. The van der Waals surface area contributed by atoms with E-state index in [0.29, 0.717) is 6.67 Å². The van der Waals surface area contributed by atoms with Crippen LogP contribution in [0.15, 0.2) is 29.4 Å². The first-order valence-corrected chi connectivity index (χ1v) is 4.74. The van der Waals surface area contributed by atoms with Crippen LogP contribution < -0.4 is 10.2 Å². The average molecular weight is 205 g/mol. The molecule has 0 atom stereocenters. The number of hydrogen-bond acceptors (Lipinski definition) is 3. The van der Waals surface area contributed by atoms with Gasteiger partial charge in [0.05, 0.1) is 6.67 Å². The highest BCUT2D eigenvalue weighted by molar-refractivity contribution is 5.52. The number of nitrogens with one attached hydrogen (secondary N) is 1. The maximum Gasteiger partial charge on any atom is 0.0964 e. The fourth-order valence-electron chi connectivity index (χ4n) is 1.42. The third kappa shape index (κ3) is 3.16. The van der Waals surface area contributed by atoms with Gasteiger partial charge in [-0.25, -0.2) is 0 Å². The molecule has 0 amide bonds. The summed E-state index contributed by atoms with van der Waals surface area (Å²) >= 11 is 0. The third-order valence-corrected chi connectivity index (χ3v) is 2.11. The zero-order chi connectivity index (χ0) is 11.1. The molecule has 1 aromatic rings. The second-order valence-corrected chi connectivity index (χ2v) is 3.23. The molecule has 0 fully saturated rings. The lowest BCUT2D eigenvalue weighted by atomic mass is 10.1. The van der Waals surface area contributed by atoms with Crippen molar-refractivity contribution in [2.24, 2.45) is 5.11 Å². The molecule has 5 heteroatoms. The van der Waals surface area contributed by atoms with Crippen LogP contribution >= 0.6 is 0 Å². The van der Waals surface area contributed by atoms with E-state index >= 15 is 0 Å². The van der Waals surface area contributed by atoms with Crippen molar-refractivity contribution in [1.82, 2.24) is 5.32 Å². The lowest BCUT2D eigenvalue weighted by Gasteiger charge is -2.20. The summed E-state index contributed by atoms with van der Waals surface area (Å²) in [6.07, 6.45) is 0. The van der Waals surface area contributed by atoms with E-state index in [1.54, 1.807) is 0 Å². The second kappa shape index (κ2) is 5.90.